The zero-order chi connectivity index (χ0) is 14.8. The van der Waals surface area contributed by atoms with Gasteiger partial charge in [-0.2, -0.15) is 0 Å². The maximum atomic E-state index is 12.7. The highest BCUT2D eigenvalue weighted by molar-refractivity contribution is 5.97. The van der Waals surface area contributed by atoms with Gasteiger partial charge in [-0.3, -0.25) is 4.79 Å². The second-order valence-corrected chi connectivity index (χ2v) is 5.53. The van der Waals surface area contributed by atoms with Crippen LogP contribution in [0.1, 0.15) is 24.8 Å². The zero-order valence-corrected chi connectivity index (χ0v) is 12.2. The monoisotopic (exact) mass is 280 g/mol. The Morgan fingerprint density at radius 3 is 2.43 bits per heavy atom. The van der Waals surface area contributed by atoms with Crippen molar-refractivity contribution >= 4 is 17.3 Å². The number of hydrogen-bond acceptors (Lipinski definition) is 2. The number of nitrogens with zero attached hydrogens (tertiary/aromatic N) is 1. The van der Waals surface area contributed by atoms with Crippen molar-refractivity contribution in [2.24, 2.45) is 5.92 Å². The summed E-state index contributed by atoms with van der Waals surface area (Å²) in [6, 6.07) is 17.8. The molecule has 1 saturated carbocycles. The lowest BCUT2D eigenvalue weighted by molar-refractivity contribution is -0.119. The van der Waals surface area contributed by atoms with Crippen LogP contribution in [0.15, 0.2) is 54.6 Å². The summed E-state index contributed by atoms with van der Waals surface area (Å²) in [5.41, 5.74) is 8.62. The fraction of sp³-hybridized carbons (Fsp3) is 0.278. The highest BCUT2D eigenvalue weighted by Gasteiger charge is 2.45. The summed E-state index contributed by atoms with van der Waals surface area (Å²) in [5.74, 6) is 0.711. The molecular formula is C18H20N2O. The first kappa shape index (κ1) is 13.7. The number of carbonyl (C=O) groups excluding carboxylic acids is 1. The predicted octanol–water partition coefficient (Wildman–Crippen LogP) is 3.43. The molecule has 0 spiro atoms. The van der Waals surface area contributed by atoms with Gasteiger partial charge in [0.25, 0.3) is 0 Å². The van der Waals surface area contributed by atoms with E-state index in [1.807, 2.05) is 54.3 Å². The van der Waals surface area contributed by atoms with Gasteiger partial charge in [-0.15, -0.1) is 0 Å². The SMILES string of the molecule is CCN(C(=O)C1CC1c1ccccc1)c1ccc(N)cc1. The largest absolute Gasteiger partial charge is 0.399 e. The summed E-state index contributed by atoms with van der Waals surface area (Å²) < 4.78 is 0. The van der Waals surface area contributed by atoms with Crippen molar-refractivity contribution in [3.8, 4) is 0 Å². The maximum Gasteiger partial charge on any atom is 0.230 e. The van der Waals surface area contributed by atoms with Crippen LogP contribution in [0.4, 0.5) is 11.4 Å². The Labute approximate surface area is 125 Å². The zero-order valence-electron chi connectivity index (χ0n) is 12.2. The molecule has 2 aromatic carbocycles. The highest BCUT2D eigenvalue weighted by Crippen LogP contribution is 2.48. The summed E-state index contributed by atoms with van der Waals surface area (Å²) in [4.78, 5) is 14.6. The molecular weight excluding hydrogens is 260 g/mol. The molecule has 0 bridgehead atoms. The minimum Gasteiger partial charge on any atom is -0.399 e. The standard InChI is InChI=1S/C18H20N2O/c1-2-20(15-10-8-14(19)9-11-15)18(21)17-12-16(17)13-6-4-3-5-7-13/h3-11,16-17H,2,12,19H2,1H3. The third-order valence-corrected chi connectivity index (χ3v) is 4.12. The quantitative estimate of drug-likeness (QED) is 0.872. The molecule has 0 saturated heterocycles. The van der Waals surface area contributed by atoms with Crippen LogP contribution >= 0.6 is 0 Å². The molecule has 0 radical (unpaired) electrons. The molecule has 3 nitrogen and oxygen atoms in total. The van der Waals surface area contributed by atoms with Crippen LogP contribution in [0.5, 0.6) is 0 Å². The highest BCUT2D eigenvalue weighted by atomic mass is 16.2. The number of amides is 1. The molecule has 1 aliphatic carbocycles. The second-order valence-electron chi connectivity index (χ2n) is 5.53. The minimum atomic E-state index is 0.116. The molecule has 3 heteroatoms. The van der Waals surface area contributed by atoms with Crippen molar-refractivity contribution in [3.05, 3.63) is 60.2 Å². The average molecular weight is 280 g/mol. The lowest BCUT2D eigenvalue weighted by atomic mass is 10.1. The van der Waals surface area contributed by atoms with E-state index in [9.17, 15) is 4.79 Å². The van der Waals surface area contributed by atoms with Crippen LogP contribution in [0.3, 0.4) is 0 Å². The van der Waals surface area contributed by atoms with Gasteiger partial charge in [0.2, 0.25) is 5.91 Å². The molecule has 21 heavy (non-hydrogen) atoms. The minimum absolute atomic E-state index is 0.116. The third-order valence-electron chi connectivity index (χ3n) is 4.12. The number of anilines is 2. The van der Waals surface area contributed by atoms with Crippen LogP contribution < -0.4 is 10.6 Å². The Hall–Kier alpha value is -2.29. The Morgan fingerprint density at radius 2 is 1.81 bits per heavy atom. The molecule has 1 fully saturated rings. The van der Waals surface area contributed by atoms with E-state index in [1.165, 1.54) is 5.56 Å². The Kier molecular flexibility index (Phi) is 3.65. The van der Waals surface area contributed by atoms with Gasteiger partial charge in [0.05, 0.1) is 0 Å². The molecule has 2 unspecified atom stereocenters. The third kappa shape index (κ3) is 2.77. The predicted molar refractivity (Wildman–Crippen MR) is 86.2 cm³/mol. The lowest BCUT2D eigenvalue weighted by Gasteiger charge is -2.21. The Balaban J connectivity index is 1.74. The van der Waals surface area contributed by atoms with Gasteiger partial charge in [0, 0.05) is 23.8 Å². The summed E-state index contributed by atoms with van der Waals surface area (Å²) in [5, 5.41) is 0. The molecule has 2 atom stereocenters. The molecule has 0 aliphatic heterocycles. The smallest absolute Gasteiger partial charge is 0.230 e. The molecule has 1 aliphatic rings. The van der Waals surface area contributed by atoms with Crippen molar-refractivity contribution in [3.63, 3.8) is 0 Å². The van der Waals surface area contributed by atoms with Crippen LogP contribution in [0.25, 0.3) is 0 Å². The van der Waals surface area contributed by atoms with Crippen molar-refractivity contribution < 1.29 is 4.79 Å². The number of nitrogen functional groups attached to an aromatic ring is 1. The van der Waals surface area contributed by atoms with Crippen molar-refractivity contribution in [1.29, 1.82) is 0 Å². The number of nitrogens with two attached hydrogens (primary N) is 1. The van der Waals surface area contributed by atoms with Crippen molar-refractivity contribution in [2.45, 2.75) is 19.3 Å². The van der Waals surface area contributed by atoms with Gasteiger partial charge in [-0.25, -0.2) is 0 Å². The molecule has 1 amide bonds. The van der Waals surface area contributed by atoms with Crippen LogP contribution in [-0.4, -0.2) is 12.5 Å². The van der Waals surface area contributed by atoms with E-state index in [0.29, 0.717) is 12.5 Å². The van der Waals surface area contributed by atoms with E-state index in [1.54, 1.807) is 0 Å². The summed E-state index contributed by atoms with van der Waals surface area (Å²) in [7, 11) is 0. The van der Waals surface area contributed by atoms with Gasteiger partial charge in [0.15, 0.2) is 0 Å². The first-order valence-electron chi connectivity index (χ1n) is 7.42. The number of benzene rings is 2. The fourth-order valence-electron chi connectivity index (χ4n) is 2.86. The summed E-state index contributed by atoms with van der Waals surface area (Å²) >= 11 is 0. The van der Waals surface area contributed by atoms with Gasteiger partial charge in [-0.1, -0.05) is 30.3 Å². The van der Waals surface area contributed by atoms with E-state index >= 15 is 0 Å². The van der Waals surface area contributed by atoms with Gasteiger partial charge in [-0.05, 0) is 49.1 Å². The second kappa shape index (κ2) is 5.60. The van der Waals surface area contributed by atoms with E-state index in [0.717, 1.165) is 17.8 Å². The van der Waals surface area contributed by atoms with E-state index in [-0.39, 0.29) is 11.8 Å². The van der Waals surface area contributed by atoms with Gasteiger partial charge >= 0.3 is 0 Å². The van der Waals surface area contributed by atoms with Gasteiger partial charge < -0.3 is 10.6 Å². The molecule has 3 rings (SSSR count). The van der Waals surface area contributed by atoms with E-state index in [2.05, 4.69) is 12.1 Å². The average Bonchev–Trinajstić information content (AvgIpc) is 3.31. The molecule has 108 valence electrons. The van der Waals surface area contributed by atoms with E-state index in [4.69, 9.17) is 5.73 Å². The fourth-order valence-corrected chi connectivity index (χ4v) is 2.86. The van der Waals surface area contributed by atoms with E-state index < -0.39 is 0 Å². The normalized spacial score (nSPS) is 20.0. The van der Waals surface area contributed by atoms with Crippen LogP contribution in [0.2, 0.25) is 0 Å². The maximum absolute atomic E-state index is 12.7. The molecule has 2 N–H and O–H groups in total. The summed E-state index contributed by atoms with van der Waals surface area (Å²) in [6.45, 7) is 2.69. The number of rotatable bonds is 4. The van der Waals surface area contributed by atoms with Crippen LogP contribution in [0, 0.1) is 5.92 Å². The first-order valence-corrected chi connectivity index (χ1v) is 7.42. The lowest BCUT2D eigenvalue weighted by Crippen LogP contribution is -2.32. The topological polar surface area (TPSA) is 46.3 Å². The summed E-state index contributed by atoms with van der Waals surface area (Å²) in [6.07, 6.45) is 0.953. The molecule has 0 heterocycles. The van der Waals surface area contributed by atoms with Crippen LogP contribution in [-0.2, 0) is 4.79 Å². The number of carbonyl (C=O) groups is 1. The number of hydrogen-bond donors (Lipinski definition) is 1. The molecule has 0 aromatic heterocycles. The van der Waals surface area contributed by atoms with Crippen molar-refractivity contribution in [2.75, 3.05) is 17.2 Å². The van der Waals surface area contributed by atoms with Crippen molar-refractivity contribution in [1.82, 2.24) is 0 Å². The Bertz CT molecular complexity index is 621. The Morgan fingerprint density at radius 1 is 1.14 bits per heavy atom. The molecule has 2 aromatic rings. The first-order chi connectivity index (χ1) is 10.2. The van der Waals surface area contributed by atoms with Gasteiger partial charge in [0.1, 0.15) is 0 Å².